The van der Waals surface area contributed by atoms with Crippen LogP contribution in [0.1, 0.15) is 35.8 Å². The second-order valence-electron chi connectivity index (χ2n) is 6.26. The van der Waals surface area contributed by atoms with Gasteiger partial charge in [-0.1, -0.05) is 13.3 Å². The zero-order valence-electron chi connectivity index (χ0n) is 15.0. The van der Waals surface area contributed by atoms with E-state index in [1.165, 1.54) is 18.3 Å². The monoisotopic (exact) mass is 356 g/mol. The first kappa shape index (κ1) is 17.8. The second kappa shape index (κ2) is 7.11. The maximum absolute atomic E-state index is 13.2. The largest absolute Gasteiger partial charge is 0.352 e. The molecule has 26 heavy (non-hydrogen) atoms. The number of pyridine rings is 1. The molecule has 1 amide bonds. The van der Waals surface area contributed by atoms with Gasteiger partial charge in [0.2, 0.25) is 5.43 Å². The lowest BCUT2D eigenvalue weighted by Gasteiger charge is -2.10. The second-order valence-corrected chi connectivity index (χ2v) is 6.26. The van der Waals surface area contributed by atoms with Crippen LogP contribution in [0.25, 0.3) is 16.7 Å². The van der Waals surface area contributed by atoms with E-state index in [0.29, 0.717) is 29.0 Å². The van der Waals surface area contributed by atoms with Crippen molar-refractivity contribution < 1.29 is 9.18 Å². The van der Waals surface area contributed by atoms with E-state index in [1.807, 2.05) is 6.92 Å². The zero-order valence-corrected chi connectivity index (χ0v) is 15.0. The van der Waals surface area contributed by atoms with Crippen molar-refractivity contribution in [2.24, 2.45) is 7.05 Å². The Bertz CT molecular complexity index is 1020. The van der Waals surface area contributed by atoms with Crippen LogP contribution in [0.2, 0.25) is 0 Å². The third kappa shape index (κ3) is 3.12. The molecule has 0 saturated heterocycles. The molecule has 6 nitrogen and oxygen atoms in total. The van der Waals surface area contributed by atoms with Gasteiger partial charge in [-0.2, -0.15) is 5.10 Å². The molecule has 2 aromatic heterocycles. The van der Waals surface area contributed by atoms with Gasteiger partial charge >= 0.3 is 0 Å². The normalized spacial score (nSPS) is 11.1. The van der Waals surface area contributed by atoms with Crippen LogP contribution < -0.4 is 10.7 Å². The average Bonchev–Trinajstić information content (AvgIpc) is 2.97. The van der Waals surface area contributed by atoms with Crippen LogP contribution in [0.5, 0.6) is 0 Å². The van der Waals surface area contributed by atoms with E-state index in [1.54, 1.807) is 35.4 Å². The number of halogens is 1. The fourth-order valence-electron chi connectivity index (χ4n) is 2.95. The topological polar surface area (TPSA) is 68.9 Å². The van der Waals surface area contributed by atoms with Gasteiger partial charge in [0.05, 0.1) is 16.8 Å². The first-order chi connectivity index (χ1) is 12.4. The highest BCUT2D eigenvalue weighted by Crippen LogP contribution is 2.20. The number of aryl methyl sites for hydroxylation is 2. The van der Waals surface area contributed by atoms with Crippen molar-refractivity contribution in [1.82, 2.24) is 19.7 Å². The number of rotatable bonds is 5. The number of carbonyl (C=O) groups is 1. The molecule has 0 radical (unpaired) electrons. The number of aromatic nitrogens is 3. The maximum atomic E-state index is 13.2. The summed E-state index contributed by atoms with van der Waals surface area (Å²) in [6.07, 6.45) is 3.34. The van der Waals surface area contributed by atoms with Gasteiger partial charge in [-0.25, -0.2) is 9.07 Å². The number of nitrogens with one attached hydrogen (secondary N) is 1. The highest BCUT2D eigenvalue weighted by Gasteiger charge is 2.20. The molecule has 0 spiro atoms. The van der Waals surface area contributed by atoms with Crippen molar-refractivity contribution in [3.05, 3.63) is 57.8 Å². The minimum atomic E-state index is -0.380. The summed E-state index contributed by atoms with van der Waals surface area (Å²) in [4.78, 5) is 25.3. The Morgan fingerprint density at radius 1 is 1.27 bits per heavy atom. The van der Waals surface area contributed by atoms with Gasteiger partial charge < -0.3 is 9.88 Å². The predicted octanol–water partition coefficient (Wildman–Crippen LogP) is 2.70. The lowest BCUT2D eigenvalue weighted by atomic mass is 10.1. The first-order valence-corrected chi connectivity index (χ1v) is 8.57. The molecule has 0 unspecified atom stereocenters. The SMILES string of the molecule is CCCCNC(=O)c1cn(C)c2c(c(C)nn2-c2ccc(F)cc2)c1=O. The molecule has 3 aromatic rings. The van der Waals surface area contributed by atoms with Crippen molar-refractivity contribution in [3.8, 4) is 5.69 Å². The van der Waals surface area contributed by atoms with E-state index in [-0.39, 0.29) is 22.7 Å². The molecular weight excluding hydrogens is 335 g/mol. The number of fused-ring (bicyclic) bond motifs is 1. The first-order valence-electron chi connectivity index (χ1n) is 8.57. The standard InChI is InChI=1S/C19H21FN4O2/c1-4-5-10-21-18(26)15-11-23(3)19-16(17(15)25)12(2)22-24(19)14-8-6-13(20)7-9-14/h6-9,11H,4-5,10H2,1-3H3,(H,21,26). The van der Waals surface area contributed by atoms with Gasteiger partial charge in [0, 0.05) is 19.8 Å². The molecule has 0 bridgehead atoms. The van der Waals surface area contributed by atoms with Gasteiger partial charge in [0.25, 0.3) is 5.91 Å². The molecule has 0 aliphatic heterocycles. The molecule has 0 fully saturated rings. The quantitative estimate of drug-likeness (QED) is 0.715. The van der Waals surface area contributed by atoms with Gasteiger partial charge in [-0.05, 0) is 37.6 Å². The lowest BCUT2D eigenvalue weighted by molar-refractivity contribution is 0.0951. The number of hydrogen-bond acceptors (Lipinski definition) is 3. The van der Waals surface area contributed by atoms with E-state index < -0.39 is 0 Å². The maximum Gasteiger partial charge on any atom is 0.256 e. The van der Waals surface area contributed by atoms with Crippen molar-refractivity contribution >= 4 is 16.9 Å². The molecule has 1 aromatic carbocycles. The van der Waals surface area contributed by atoms with Gasteiger partial charge in [0.15, 0.2) is 0 Å². The van der Waals surface area contributed by atoms with Crippen LogP contribution in [0.4, 0.5) is 4.39 Å². The summed E-state index contributed by atoms with van der Waals surface area (Å²) in [6, 6.07) is 5.87. The molecule has 3 rings (SSSR count). The number of benzene rings is 1. The Labute approximate surface area is 150 Å². The van der Waals surface area contributed by atoms with E-state index >= 15 is 0 Å². The molecule has 0 aliphatic rings. The Balaban J connectivity index is 2.14. The summed E-state index contributed by atoms with van der Waals surface area (Å²) < 4.78 is 16.5. The van der Waals surface area contributed by atoms with Crippen molar-refractivity contribution in [2.75, 3.05) is 6.54 Å². The van der Waals surface area contributed by atoms with Gasteiger partial charge in [-0.3, -0.25) is 9.59 Å². The molecule has 0 saturated carbocycles. The fourth-order valence-corrected chi connectivity index (χ4v) is 2.95. The summed E-state index contributed by atoms with van der Waals surface area (Å²) >= 11 is 0. The van der Waals surface area contributed by atoms with Crippen molar-refractivity contribution in [2.45, 2.75) is 26.7 Å². The highest BCUT2D eigenvalue weighted by atomic mass is 19.1. The number of amides is 1. The van der Waals surface area contributed by atoms with Crippen molar-refractivity contribution in [3.63, 3.8) is 0 Å². The number of hydrogen-bond donors (Lipinski definition) is 1. The van der Waals surface area contributed by atoms with E-state index in [2.05, 4.69) is 10.4 Å². The molecule has 0 aliphatic carbocycles. The number of carbonyl (C=O) groups excluding carboxylic acids is 1. The van der Waals surface area contributed by atoms with Crippen LogP contribution in [-0.4, -0.2) is 26.8 Å². The Morgan fingerprint density at radius 3 is 2.62 bits per heavy atom. The van der Waals surface area contributed by atoms with Crippen LogP contribution in [-0.2, 0) is 7.05 Å². The molecule has 2 heterocycles. The van der Waals surface area contributed by atoms with E-state index in [9.17, 15) is 14.0 Å². The molecular formula is C19H21FN4O2. The third-order valence-corrected chi connectivity index (χ3v) is 4.30. The Hall–Kier alpha value is -2.96. The average molecular weight is 356 g/mol. The van der Waals surface area contributed by atoms with Gasteiger partial charge in [0.1, 0.15) is 17.0 Å². The molecule has 0 atom stereocenters. The molecule has 136 valence electrons. The van der Waals surface area contributed by atoms with Crippen LogP contribution in [0.3, 0.4) is 0 Å². The summed E-state index contributed by atoms with van der Waals surface area (Å²) in [5.74, 6) is -0.725. The lowest BCUT2D eigenvalue weighted by Crippen LogP contribution is -2.30. The summed E-state index contributed by atoms with van der Waals surface area (Å²) in [5, 5.41) is 7.59. The van der Waals surface area contributed by atoms with Crippen LogP contribution >= 0.6 is 0 Å². The van der Waals surface area contributed by atoms with Crippen LogP contribution in [0.15, 0.2) is 35.3 Å². The highest BCUT2D eigenvalue weighted by molar-refractivity contribution is 5.97. The summed E-state index contributed by atoms with van der Waals surface area (Å²) in [6.45, 7) is 4.29. The van der Waals surface area contributed by atoms with Gasteiger partial charge in [-0.15, -0.1) is 0 Å². The van der Waals surface area contributed by atoms with E-state index in [4.69, 9.17) is 0 Å². The predicted molar refractivity (Wildman–Crippen MR) is 98.2 cm³/mol. The minimum Gasteiger partial charge on any atom is -0.352 e. The summed E-state index contributed by atoms with van der Waals surface area (Å²) in [7, 11) is 1.76. The number of nitrogens with zero attached hydrogens (tertiary/aromatic N) is 3. The van der Waals surface area contributed by atoms with Crippen LogP contribution in [0, 0.1) is 12.7 Å². The van der Waals surface area contributed by atoms with E-state index in [0.717, 1.165) is 12.8 Å². The smallest absolute Gasteiger partial charge is 0.256 e. The number of unbranched alkanes of at least 4 members (excludes halogenated alkanes) is 1. The minimum absolute atomic E-state index is 0.0952. The van der Waals surface area contributed by atoms with Crippen molar-refractivity contribution in [1.29, 1.82) is 0 Å². The summed E-state index contributed by atoms with van der Waals surface area (Å²) in [5.41, 5.74) is 1.47. The molecule has 1 N–H and O–H groups in total. The third-order valence-electron chi connectivity index (χ3n) is 4.30. The Kier molecular flexibility index (Phi) is 4.88. The Morgan fingerprint density at radius 2 is 1.96 bits per heavy atom. The molecule has 7 heteroatoms. The zero-order chi connectivity index (χ0) is 18.8. The fraction of sp³-hybridized carbons (Fsp3) is 0.316.